The second-order valence-electron chi connectivity index (χ2n) is 3.18. The fourth-order valence-corrected chi connectivity index (χ4v) is 1.54. The van der Waals surface area contributed by atoms with Crippen molar-refractivity contribution >= 4 is 0 Å². The maximum Gasteiger partial charge on any atom is 0.0531 e. The molecule has 0 amide bonds. The zero-order valence-corrected chi connectivity index (χ0v) is 7.41. The van der Waals surface area contributed by atoms with Crippen molar-refractivity contribution in [1.82, 2.24) is 15.1 Å². The molecule has 1 unspecified atom stereocenters. The van der Waals surface area contributed by atoms with Crippen LogP contribution in [-0.2, 0) is 7.05 Å². The molecule has 2 heterocycles. The van der Waals surface area contributed by atoms with Crippen LogP contribution in [0.4, 0.5) is 0 Å². The van der Waals surface area contributed by atoms with Crippen LogP contribution in [0.15, 0.2) is 18.5 Å². The molecule has 0 saturated carbocycles. The van der Waals surface area contributed by atoms with Gasteiger partial charge in [0.1, 0.15) is 0 Å². The van der Waals surface area contributed by atoms with Crippen LogP contribution in [-0.4, -0.2) is 16.3 Å². The minimum absolute atomic E-state index is 0.513. The smallest absolute Gasteiger partial charge is 0.0531 e. The molecule has 2 rings (SSSR count). The molecule has 1 aromatic rings. The predicted octanol–water partition coefficient (Wildman–Crippen LogP) is 0.929. The summed E-state index contributed by atoms with van der Waals surface area (Å²) in [5, 5.41) is 7.41. The molecule has 0 spiro atoms. The first-order valence-corrected chi connectivity index (χ1v) is 4.17. The minimum Gasteiger partial charge on any atom is -0.390 e. The largest absolute Gasteiger partial charge is 0.390 e. The molecular formula is C9H13N3. The summed E-state index contributed by atoms with van der Waals surface area (Å²) in [4.78, 5) is 0. The van der Waals surface area contributed by atoms with Crippen LogP contribution in [0.5, 0.6) is 0 Å². The zero-order valence-electron chi connectivity index (χ0n) is 7.41. The molecule has 1 atom stereocenters. The fraction of sp³-hybridized carbons (Fsp3) is 0.444. The van der Waals surface area contributed by atoms with Crippen LogP contribution in [0.25, 0.3) is 0 Å². The molecule has 3 nitrogen and oxygen atoms in total. The summed E-state index contributed by atoms with van der Waals surface area (Å²) in [5.41, 5.74) is 2.59. The van der Waals surface area contributed by atoms with Crippen molar-refractivity contribution in [2.24, 2.45) is 7.05 Å². The Hall–Kier alpha value is -1.25. The Labute approximate surface area is 72.1 Å². The van der Waals surface area contributed by atoms with Crippen molar-refractivity contribution in [2.45, 2.75) is 12.8 Å². The number of hydrogen-bond donors (Lipinski definition) is 1. The molecule has 0 fully saturated rings. The fourth-order valence-electron chi connectivity index (χ4n) is 1.54. The second-order valence-corrected chi connectivity index (χ2v) is 3.18. The van der Waals surface area contributed by atoms with Crippen LogP contribution >= 0.6 is 0 Å². The summed E-state index contributed by atoms with van der Waals surface area (Å²) in [5.74, 6) is 0.513. The minimum atomic E-state index is 0.513. The van der Waals surface area contributed by atoms with Gasteiger partial charge >= 0.3 is 0 Å². The molecule has 1 aliphatic rings. The SMILES string of the molecule is Cc1c(C2C=CNC2)cnn1C. The number of aryl methyl sites for hydroxylation is 1. The summed E-state index contributed by atoms with van der Waals surface area (Å²) >= 11 is 0. The van der Waals surface area contributed by atoms with E-state index in [9.17, 15) is 0 Å². The Balaban J connectivity index is 2.33. The van der Waals surface area contributed by atoms with Crippen LogP contribution in [0.3, 0.4) is 0 Å². The van der Waals surface area contributed by atoms with Gasteiger partial charge in [0.05, 0.1) is 6.20 Å². The van der Waals surface area contributed by atoms with E-state index in [4.69, 9.17) is 0 Å². The van der Waals surface area contributed by atoms with Crippen LogP contribution in [0.2, 0.25) is 0 Å². The lowest BCUT2D eigenvalue weighted by Gasteiger charge is -2.05. The molecule has 1 N–H and O–H groups in total. The van der Waals surface area contributed by atoms with Gasteiger partial charge in [0.15, 0.2) is 0 Å². The molecular weight excluding hydrogens is 150 g/mol. The van der Waals surface area contributed by atoms with Crippen LogP contribution in [0, 0.1) is 6.92 Å². The average Bonchev–Trinajstić information content (AvgIpc) is 2.64. The first-order chi connectivity index (χ1) is 5.79. The number of aromatic nitrogens is 2. The maximum atomic E-state index is 4.22. The molecule has 64 valence electrons. The van der Waals surface area contributed by atoms with Gasteiger partial charge in [0.2, 0.25) is 0 Å². The predicted molar refractivity (Wildman–Crippen MR) is 47.8 cm³/mol. The Bertz CT molecular complexity index is 312. The van der Waals surface area contributed by atoms with Gasteiger partial charge in [-0.05, 0) is 13.1 Å². The van der Waals surface area contributed by atoms with E-state index in [0.29, 0.717) is 5.92 Å². The Morgan fingerprint density at radius 1 is 1.67 bits per heavy atom. The molecule has 0 saturated heterocycles. The van der Waals surface area contributed by atoms with E-state index >= 15 is 0 Å². The van der Waals surface area contributed by atoms with Crippen molar-refractivity contribution in [3.05, 3.63) is 29.7 Å². The highest BCUT2D eigenvalue weighted by molar-refractivity contribution is 5.27. The van der Waals surface area contributed by atoms with Crippen molar-refractivity contribution < 1.29 is 0 Å². The van der Waals surface area contributed by atoms with Gasteiger partial charge in [-0.1, -0.05) is 6.08 Å². The highest BCUT2D eigenvalue weighted by atomic mass is 15.3. The molecule has 1 aliphatic heterocycles. The summed E-state index contributed by atoms with van der Waals surface area (Å²) in [6.07, 6.45) is 6.15. The van der Waals surface area contributed by atoms with Gasteiger partial charge in [-0.25, -0.2) is 0 Å². The topological polar surface area (TPSA) is 29.9 Å². The van der Waals surface area contributed by atoms with E-state index in [1.807, 2.05) is 24.1 Å². The quantitative estimate of drug-likeness (QED) is 0.667. The third-order valence-corrected chi connectivity index (χ3v) is 2.46. The Kier molecular flexibility index (Phi) is 1.64. The third kappa shape index (κ3) is 1.02. The summed E-state index contributed by atoms with van der Waals surface area (Å²) < 4.78 is 1.92. The highest BCUT2D eigenvalue weighted by Crippen LogP contribution is 2.21. The maximum absolute atomic E-state index is 4.22. The summed E-state index contributed by atoms with van der Waals surface area (Å²) in [6.45, 7) is 3.11. The van der Waals surface area contributed by atoms with Gasteiger partial charge in [-0.15, -0.1) is 0 Å². The van der Waals surface area contributed by atoms with Gasteiger partial charge in [-0.2, -0.15) is 5.10 Å². The first kappa shape index (κ1) is 7.40. The molecule has 0 aliphatic carbocycles. The normalized spacial score (nSPS) is 21.3. The number of hydrogen-bond acceptors (Lipinski definition) is 2. The first-order valence-electron chi connectivity index (χ1n) is 4.17. The molecule has 0 radical (unpaired) electrons. The van der Waals surface area contributed by atoms with E-state index < -0.39 is 0 Å². The molecule has 1 aromatic heterocycles. The second kappa shape index (κ2) is 2.66. The number of rotatable bonds is 1. The van der Waals surface area contributed by atoms with Crippen molar-refractivity contribution in [3.63, 3.8) is 0 Å². The van der Waals surface area contributed by atoms with Gasteiger partial charge in [0.25, 0.3) is 0 Å². The monoisotopic (exact) mass is 163 g/mol. The van der Waals surface area contributed by atoms with Crippen molar-refractivity contribution in [3.8, 4) is 0 Å². The Morgan fingerprint density at radius 3 is 3.00 bits per heavy atom. The van der Waals surface area contributed by atoms with Crippen LogP contribution < -0.4 is 5.32 Å². The van der Waals surface area contributed by atoms with Crippen LogP contribution in [0.1, 0.15) is 17.2 Å². The van der Waals surface area contributed by atoms with E-state index in [2.05, 4.69) is 23.4 Å². The van der Waals surface area contributed by atoms with E-state index in [-0.39, 0.29) is 0 Å². The van der Waals surface area contributed by atoms with E-state index in [0.717, 1.165) is 6.54 Å². The van der Waals surface area contributed by atoms with Gasteiger partial charge in [0, 0.05) is 30.8 Å². The zero-order chi connectivity index (χ0) is 8.55. The average molecular weight is 163 g/mol. The third-order valence-electron chi connectivity index (χ3n) is 2.46. The lowest BCUT2D eigenvalue weighted by molar-refractivity contribution is 0.732. The standard InChI is InChI=1S/C9H13N3/c1-7-9(6-11-12(7)2)8-3-4-10-5-8/h3-4,6,8,10H,5H2,1-2H3. The summed E-state index contributed by atoms with van der Waals surface area (Å²) in [7, 11) is 1.98. The Morgan fingerprint density at radius 2 is 2.50 bits per heavy atom. The lowest BCUT2D eigenvalue weighted by atomic mass is 10.0. The molecule has 12 heavy (non-hydrogen) atoms. The highest BCUT2D eigenvalue weighted by Gasteiger charge is 2.15. The lowest BCUT2D eigenvalue weighted by Crippen LogP contribution is -2.07. The van der Waals surface area contributed by atoms with Gasteiger partial charge in [-0.3, -0.25) is 4.68 Å². The van der Waals surface area contributed by atoms with Crippen molar-refractivity contribution in [1.29, 1.82) is 0 Å². The number of nitrogens with zero attached hydrogens (tertiary/aromatic N) is 2. The van der Waals surface area contributed by atoms with Crippen molar-refractivity contribution in [2.75, 3.05) is 6.54 Å². The molecule has 0 aromatic carbocycles. The summed E-state index contributed by atoms with van der Waals surface area (Å²) in [6, 6.07) is 0. The van der Waals surface area contributed by atoms with E-state index in [1.165, 1.54) is 11.3 Å². The van der Waals surface area contributed by atoms with E-state index in [1.54, 1.807) is 0 Å². The molecule has 0 bridgehead atoms. The number of nitrogens with one attached hydrogen (secondary N) is 1. The molecule has 3 heteroatoms. The van der Waals surface area contributed by atoms with Gasteiger partial charge < -0.3 is 5.32 Å².